The normalized spacial score (nSPS) is 12.4. The average molecular weight is 241 g/mol. The van der Waals surface area contributed by atoms with Gasteiger partial charge in [0.15, 0.2) is 0 Å². The summed E-state index contributed by atoms with van der Waals surface area (Å²) >= 11 is 1.56. The van der Waals surface area contributed by atoms with Crippen molar-refractivity contribution in [2.45, 2.75) is 38.6 Å². The van der Waals surface area contributed by atoms with Gasteiger partial charge in [-0.3, -0.25) is 4.79 Å². The molecule has 0 saturated heterocycles. The van der Waals surface area contributed by atoms with Gasteiger partial charge in [0.2, 0.25) is 5.91 Å². The maximum Gasteiger partial charge on any atom is 0.220 e. The fourth-order valence-corrected chi connectivity index (χ4v) is 2.08. The minimum Gasteiger partial charge on any atom is -0.347 e. The van der Waals surface area contributed by atoms with Crippen LogP contribution in [-0.2, 0) is 4.79 Å². The van der Waals surface area contributed by atoms with Crippen LogP contribution >= 0.6 is 11.3 Å². The molecule has 0 bridgehead atoms. The molecule has 0 spiro atoms. The highest BCUT2D eigenvalue weighted by atomic mass is 32.1. The van der Waals surface area contributed by atoms with E-state index in [-0.39, 0.29) is 11.9 Å². The third-order valence-corrected chi connectivity index (χ3v) is 3.27. The molecule has 0 fully saturated rings. The highest BCUT2D eigenvalue weighted by Crippen LogP contribution is 2.14. The molecule has 0 radical (unpaired) electrons. The van der Waals surface area contributed by atoms with E-state index in [9.17, 15) is 4.79 Å². The topological polar surface area (TPSA) is 68.0 Å². The summed E-state index contributed by atoms with van der Waals surface area (Å²) in [5.41, 5.74) is 5.38. The molecule has 1 aromatic heterocycles. The zero-order valence-electron chi connectivity index (χ0n) is 9.61. The maximum absolute atomic E-state index is 11.5. The number of amides is 1. The van der Waals surface area contributed by atoms with Gasteiger partial charge in [-0.25, -0.2) is 4.98 Å². The van der Waals surface area contributed by atoms with Crippen molar-refractivity contribution in [2.75, 3.05) is 6.54 Å². The number of carbonyl (C=O) groups is 1. The third kappa shape index (κ3) is 4.72. The fraction of sp³-hybridized carbons (Fsp3) is 0.636. The Morgan fingerprint density at radius 1 is 1.56 bits per heavy atom. The summed E-state index contributed by atoms with van der Waals surface area (Å²) in [5, 5.41) is 5.81. The summed E-state index contributed by atoms with van der Waals surface area (Å²) in [6.07, 6.45) is 5.26. The van der Waals surface area contributed by atoms with E-state index in [2.05, 4.69) is 10.3 Å². The quantitative estimate of drug-likeness (QED) is 0.716. The molecule has 1 heterocycles. The van der Waals surface area contributed by atoms with Crippen LogP contribution < -0.4 is 11.1 Å². The predicted octanol–water partition coefficient (Wildman–Crippen LogP) is 1.84. The average Bonchev–Trinajstić information content (AvgIpc) is 2.77. The lowest BCUT2D eigenvalue weighted by atomic mass is 10.2. The van der Waals surface area contributed by atoms with Crippen molar-refractivity contribution in [3.05, 3.63) is 16.6 Å². The zero-order valence-corrected chi connectivity index (χ0v) is 10.4. The van der Waals surface area contributed by atoms with E-state index >= 15 is 0 Å². The molecule has 1 atom stereocenters. The predicted molar refractivity (Wildman–Crippen MR) is 66.2 cm³/mol. The van der Waals surface area contributed by atoms with Crippen molar-refractivity contribution < 1.29 is 4.79 Å². The number of unbranched alkanes of at least 4 members (excludes halogenated alkanes) is 2. The van der Waals surface area contributed by atoms with Gasteiger partial charge >= 0.3 is 0 Å². The first kappa shape index (κ1) is 13.1. The van der Waals surface area contributed by atoms with Crippen LogP contribution in [0, 0.1) is 0 Å². The standard InChI is InChI=1S/C11H19N3OS/c1-9(11-13-7-8-16-11)14-10(15)5-3-2-4-6-12/h7-9H,2-6,12H2,1H3,(H,14,15). The van der Waals surface area contributed by atoms with Gasteiger partial charge in [-0.15, -0.1) is 11.3 Å². The van der Waals surface area contributed by atoms with Crippen molar-refractivity contribution in [1.29, 1.82) is 0 Å². The first-order valence-electron chi connectivity index (χ1n) is 5.63. The van der Waals surface area contributed by atoms with Crippen LogP contribution in [0.5, 0.6) is 0 Å². The van der Waals surface area contributed by atoms with Crippen LogP contribution in [0.4, 0.5) is 0 Å². The highest BCUT2D eigenvalue weighted by molar-refractivity contribution is 7.09. The summed E-state index contributed by atoms with van der Waals surface area (Å²) in [6, 6.07) is 0.0157. The first-order valence-corrected chi connectivity index (χ1v) is 6.51. The van der Waals surface area contributed by atoms with E-state index < -0.39 is 0 Å². The van der Waals surface area contributed by atoms with Crippen molar-refractivity contribution in [3.63, 3.8) is 0 Å². The lowest BCUT2D eigenvalue weighted by molar-refractivity contribution is -0.121. The van der Waals surface area contributed by atoms with Gasteiger partial charge in [-0.2, -0.15) is 0 Å². The van der Waals surface area contributed by atoms with Gasteiger partial charge in [0.25, 0.3) is 0 Å². The number of thiazole rings is 1. The monoisotopic (exact) mass is 241 g/mol. The third-order valence-electron chi connectivity index (χ3n) is 2.31. The van der Waals surface area contributed by atoms with E-state index in [0.29, 0.717) is 13.0 Å². The summed E-state index contributed by atoms with van der Waals surface area (Å²) in [6.45, 7) is 2.66. The SMILES string of the molecule is CC(NC(=O)CCCCCN)c1nccs1. The van der Waals surface area contributed by atoms with Gasteiger partial charge in [-0.1, -0.05) is 6.42 Å². The minimum atomic E-state index is 0.0157. The molecule has 5 heteroatoms. The number of hydrogen-bond donors (Lipinski definition) is 2. The van der Waals surface area contributed by atoms with Gasteiger partial charge in [0.1, 0.15) is 5.01 Å². The molecule has 0 aromatic carbocycles. The largest absolute Gasteiger partial charge is 0.347 e. The lowest BCUT2D eigenvalue weighted by Gasteiger charge is -2.10. The molecule has 1 unspecified atom stereocenters. The smallest absolute Gasteiger partial charge is 0.220 e. The fourth-order valence-electron chi connectivity index (χ4n) is 1.43. The van der Waals surface area contributed by atoms with E-state index in [1.54, 1.807) is 17.5 Å². The molecular weight excluding hydrogens is 222 g/mol. The van der Waals surface area contributed by atoms with E-state index in [0.717, 1.165) is 24.3 Å². The molecule has 3 N–H and O–H groups in total. The molecule has 1 rings (SSSR count). The number of rotatable bonds is 7. The Morgan fingerprint density at radius 3 is 3.00 bits per heavy atom. The Hall–Kier alpha value is -0.940. The molecule has 0 saturated carbocycles. The summed E-state index contributed by atoms with van der Waals surface area (Å²) in [5.74, 6) is 0.0970. The summed E-state index contributed by atoms with van der Waals surface area (Å²) < 4.78 is 0. The second-order valence-electron chi connectivity index (χ2n) is 3.76. The van der Waals surface area contributed by atoms with Crippen LogP contribution in [0.2, 0.25) is 0 Å². The number of hydrogen-bond acceptors (Lipinski definition) is 4. The molecule has 1 aromatic rings. The Morgan fingerprint density at radius 2 is 2.38 bits per heavy atom. The van der Waals surface area contributed by atoms with Gasteiger partial charge in [-0.05, 0) is 26.3 Å². The molecule has 0 aliphatic rings. The van der Waals surface area contributed by atoms with Crippen LogP contribution in [0.25, 0.3) is 0 Å². The number of nitrogens with two attached hydrogens (primary N) is 1. The molecule has 16 heavy (non-hydrogen) atoms. The number of nitrogens with zero attached hydrogens (tertiary/aromatic N) is 1. The zero-order chi connectivity index (χ0) is 11.8. The number of aromatic nitrogens is 1. The van der Waals surface area contributed by atoms with E-state index in [4.69, 9.17) is 5.73 Å². The molecule has 90 valence electrons. The molecule has 4 nitrogen and oxygen atoms in total. The molecule has 1 amide bonds. The summed E-state index contributed by atoms with van der Waals surface area (Å²) in [4.78, 5) is 15.7. The van der Waals surface area contributed by atoms with Crippen LogP contribution in [-0.4, -0.2) is 17.4 Å². The Labute approximate surface area is 100 Å². The van der Waals surface area contributed by atoms with E-state index in [1.807, 2.05) is 12.3 Å². The number of carbonyl (C=O) groups excluding carboxylic acids is 1. The minimum absolute atomic E-state index is 0.0157. The van der Waals surface area contributed by atoms with Crippen molar-refractivity contribution in [3.8, 4) is 0 Å². The van der Waals surface area contributed by atoms with Crippen molar-refractivity contribution >= 4 is 17.2 Å². The van der Waals surface area contributed by atoms with Crippen molar-refractivity contribution in [2.24, 2.45) is 5.73 Å². The summed E-state index contributed by atoms with van der Waals surface area (Å²) in [7, 11) is 0. The van der Waals surface area contributed by atoms with Crippen LogP contribution in [0.1, 0.15) is 43.7 Å². The molecule has 0 aliphatic heterocycles. The second-order valence-corrected chi connectivity index (χ2v) is 4.69. The van der Waals surface area contributed by atoms with Crippen molar-refractivity contribution in [1.82, 2.24) is 10.3 Å². The van der Waals surface area contributed by atoms with E-state index in [1.165, 1.54) is 0 Å². The van der Waals surface area contributed by atoms with Gasteiger partial charge in [0.05, 0.1) is 6.04 Å². The Kier molecular flexibility index (Phi) is 6.03. The maximum atomic E-state index is 11.5. The first-order chi connectivity index (χ1) is 7.74. The van der Waals surface area contributed by atoms with Gasteiger partial charge in [0, 0.05) is 18.0 Å². The Bertz CT molecular complexity index is 300. The van der Waals surface area contributed by atoms with Crippen LogP contribution in [0.3, 0.4) is 0 Å². The molecule has 0 aliphatic carbocycles. The highest BCUT2D eigenvalue weighted by Gasteiger charge is 2.10. The van der Waals surface area contributed by atoms with Crippen LogP contribution in [0.15, 0.2) is 11.6 Å². The lowest BCUT2D eigenvalue weighted by Crippen LogP contribution is -2.26. The second kappa shape index (κ2) is 7.35. The Balaban J connectivity index is 2.19. The molecular formula is C11H19N3OS. The number of nitrogens with one attached hydrogen (secondary N) is 1. The van der Waals surface area contributed by atoms with Gasteiger partial charge < -0.3 is 11.1 Å².